The van der Waals surface area contributed by atoms with E-state index in [9.17, 15) is 0 Å². The van der Waals surface area contributed by atoms with Crippen molar-refractivity contribution >= 4 is 5.82 Å². The van der Waals surface area contributed by atoms with E-state index >= 15 is 0 Å². The number of aromatic nitrogens is 2. The van der Waals surface area contributed by atoms with Crippen LogP contribution in [0.3, 0.4) is 0 Å². The number of aryl methyl sites for hydroxylation is 2. The number of hydrogen-bond acceptors (Lipinski definition) is 2. The highest BCUT2D eigenvalue weighted by atomic mass is 15.1. The summed E-state index contributed by atoms with van der Waals surface area (Å²) in [4.78, 5) is 4.86. The molecule has 0 aliphatic carbocycles. The maximum Gasteiger partial charge on any atom is 0.131 e. The van der Waals surface area contributed by atoms with E-state index in [1.165, 1.54) is 11.1 Å². The molecule has 0 amide bonds. The minimum Gasteiger partial charge on any atom is -0.383 e. The van der Waals surface area contributed by atoms with Crippen molar-refractivity contribution in [3.8, 4) is 11.3 Å². The first-order chi connectivity index (χ1) is 9.25. The zero-order valence-corrected chi connectivity index (χ0v) is 13.4. The molecular weight excluding hydrogens is 246 g/mol. The van der Waals surface area contributed by atoms with E-state index in [2.05, 4.69) is 64.3 Å². The van der Waals surface area contributed by atoms with Crippen molar-refractivity contribution in [3.05, 3.63) is 35.2 Å². The van der Waals surface area contributed by atoms with E-state index in [1.54, 1.807) is 0 Å². The minimum atomic E-state index is -0.0138. The van der Waals surface area contributed by atoms with E-state index in [1.807, 2.05) is 0 Å². The molecule has 1 heterocycles. The molecule has 0 aliphatic heterocycles. The van der Waals surface area contributed by atoms with E-state index < -0.39 is 0 Å². The second-order valence-electron chi connectivity index (χ2n) is 6.48. The Bertz CT molecular complexity index is 630. The van der Waals surface area contributed by atoms with Crippen molar-refractivity contribution < 1.29 is 0 Å². The lowest BCUT2D eigenvalue weighted by Gasteiger charge is -2.19. The predicted octanol–water partition coefficient (Wildman–Crippen LogP) is 4.07. The summed E-state index contributed by atoms with van der Waals surface area (Å²) in [5.41, 5.74) is 10.8. The van der Waals surface area contributed by atoms with Crippen LogP contribution in [-0.4, -0.2) is 9.55 Å². The molecule has 0 atom stereocenters. The zero-order valence-electron chi connectivity index (χ0n) is 13.4. The van der Waals surface area contributed by atoms with E-state index in [4.69, 9.17) is 10.7 Å². The third kappa shape index (κ3) is 2.45. The number of nitrogens with zero attached hydrogens (tertiary/aromatic N) is 2. The maximum atomic E-state index is 6.36. The molecule has 1 aromatic heterocycles. The molecule has 0 bridgehead atoms. The normalized spacial score (nSPS) is 11.9. The Balaban J connectivity index is 2.70. The third-order valence-electron chi connectivity index (χ3n) is 3.64. The fourth-order valence-corrected chi connectivity index (χ4v) is 2.55. The number of rotatable bonds is 2. The highest BCUT2D eigenvalue weighted by molar-refractivity contribution is 5.74. The summed E-state index contributed by atoms with van der Waals surface area (Å²) >= 11 is 0. The molecule has 1 aromatic carbocycles. The Hall–Kier alpha value is -1.77. The summed E-state index contributed by atoms with van der Waals surface area (Å²) in [6.45, 7) is 13.7. The number of nitrogen functional groups attached to an aromatic ring is 1. The van der Waals surface area contributed by atoms with E-state index in [0.29, 0.717) is 0 Å². The minimum absolute atomic E-state index is 0.0138. The van der Waals surface area contributed by atoms with Gasteiger partial charge in [0.2, 0.25) is 0 Å². The van der Waals surface area contributed by atoms with Crippen LogP contribution in [0.5, 0.6) is 0 Å². The highest BCUT2D eigenvalue weighted by Gasteiger charge is 2.25. The van der Waals surface area contributed by atoms with Crippen molar-refractivity contribution in [3.63, 3.8) is 0 Å². The Morgan fingerprint density at radius 1 is 1.20 bits per heavy atom. The molecule has 2 aromatic rings. The lowest BCUT2D eigenvalue weighted by Crippen LogP contribution is -2.19. The molecule has 20 heavy (non-hydrogen) atoms. The van der Waals surface area contributed by atoms with Gasteiger partial charge in [-0.25, -0.2) is 4.98 Å². The van der Waals surface area contributed by atoms with Crippen molar-refractivity contribution in [1.29, 1.82) is 0 Å². The van der Waals surface area contributed by atoms with Gasteiger partial charge in [0.05, 0.1) is 0 Å². The van der Waals surface area contributed by atoms with Gasteiger partial charge in [0.25, 0.3) is 0 Å². The van der Waals surface area contributed by atoms with Crippen molar-refractivity contribution in [2.75, 3.05) is 5.73 Å². The first kappa shape index (κ1) is 14.6. The van der Waals surface area contributed by atoms with Crippen LogP contribution in [-0.2, 0) is 12.0 Å². The van der Waals surface area contributed by atoms with Crippen LogP contribution in [0.2, 0.25) is 0 Å². The Labute approximate surface area is 121 Å². The molecule has 0 spiro atoms. The van der Waals surface area contributed by atoms with Gasteiger partial charge in [-0.05, 0) is 32.4 Å². The average molecular weight is 271 g/mol. The Kier molecular flexibility index (Phi) is 3.63. The van der Waals surface area contributed by atoms with Gasteiger partial charge in [0.1, 0.15) is 17.3 Å². The smallest absolute Gasteiger partial charge is 0.131 e. The van der Waals surface area contributed by atoms with Crippen LogP contribution in [0.25, 0.3) is 11.3 Å². The molecule has 0 saturated carbocycles. The Morgan fingerprint density at radius 2 is 1.85 bits per heavy atom. The molecular formula is C17H25N3. The molecule has 3 nitrogen and oxygen atoms in total. The quantitative estimate of drug-likeness (QED) is 0.895. The SMILES string of the molecule is CCn1c(C(C)(C)C)nc(-c2cc(C)ccc2C)c1N. The molecule has 0 saturated heterocycles. The molecule has 3 heteroatoms. The van der Waals surface area contributed by atoms with Gasteiger partial charge in [-0.15, -0.1) is 0 Å². The molecule has 2 N–H and O–H groups in total. The number of anilines is 1. The summed E-state index contributed by atoms with van der Waals surface area (Å²) in [5.74, 6) is 1.82. The van der Waals surface area contributed by atoms with Crippen molar-refractivity contribution in [2.24, 2.45) is 0 Å². The topological polar surface area (TPSA) is 43.8 Å². The monoisotopic (exact) mass is 271 g/mol. The van der Waals surface area contributed by atoms with Crippen LogP contribution in [0, 0.1) is 13.8 Å². The number of hydrogen-bond donors (Lipinski definition) is 1. The second-order valence-corrected chi connectivity index (χ2v) is 6.48. The Morgan fingerprint density at radius 3 is 2.35 bits per heavy atom. The van der Waals surface area contributed by atoms with Crippen molar-refractivity contribution in [2.45, 2.75) is 53.5 Å². The maximum absolute atomic E-state index is 6.36. The third-order valence-corrected chi connectivity index (χ3v) is 3.64. The molecule has 0 fully saturated rings. The van der Waals surface area contributed by atoms with Crippen molar-refractivity contribution in [1.82, 2.24) is 9.55 Å². The van der Waals surface area contributed by atoms with Crippen LogP contribution < -0.4 is 5.73 Å². The van der Waals surface area contributed by atoms with Crippen LogP contribution in [0.1, 0.15) is 44.6 Å². The molecule has 108 valence electrons. The average Bonchev–Trinajstić information content (AvgIpc) is 2.69. The summed E-state index contributed by atoms with van der Waals surface area (Å²) in [6, 6.07) is 6.42. The van der Waals surface area contributed by atoms with Crippen LogP contribution in [0.15, 0.2) is 18.2 Å². The second kappa shape index (κ2) is 4.97. The van der Waals surface area contributed by atoms with Gasteiger partial charge in [-0.1, -0.05) is 38.5 Å². The lowest BCUT2D eigenvalue weighted by atomic mass is 9.95. The summed E-state index contributed by atoms with van der Waals surface area (Å²) in [7, 11) is 0. The summed E-state index contributed by atoms with van der Waals surface area (Å²) in [6.07, 6.45) is 0. The molecule has 2 rings (SSSR count). The van der Waals surface area contributed by atoms with E-state index in [0.717, 1.165) is 29.4 Å². The number of imidazole rings is 1. The van der Waals surface area contributed by atoms with Crippen LogP contribution >= 0.6 is 0 Å². The van der Waals surface area contributed by atoms with Gasteiger partial charge < -0.3 is 10.3 Å². The predicted molar refractivity (Wildman–Crippen MR) is 85.9 cm³/mol. The standard InChI is InChI=1S/C17H25N3/c1-7-20-15(18)14(19-16(20)17(4,5)6)13-10-11(2)8-9-12(13)3/h8-10H,7,18H2,1-6H3. The van der Waals surface area contributed by atoms with Gasteiger partial charge >= 0.3 is 0 Å². The summed E-state index contributed by atoms with van der Waals surface area (Å²) < 4.78 is 2.12. The highest BCUT2D eigenvalue weighted by Crippen LogP contribution is 2.33. The lowest BCUT2D eigenvalue weighted by molar-refractivity contribution is 0.508. The molecule has 0 unspecified atom stereocenters. The van der Waals surface area contributed by atoms with Gasteiger partial charge in [-0.3, -0.25) is 0 Å². The van der Waals surface area contributed by atoms with Gasteiger partial charge in [0, 0.05) is 17.5 Å². The molecule has 0 radical (unpaired) electrons. The van der Waals surface area contributed by atoms with Gasteiger partial charge in [-0.2, -0.15) is 0 Å². The fraction of sp³-hybridized carbons (Fsp3) is 0.471. The van der Waals surface area contributed by atoms with Gasteiger partial charge in [0.15, 0.2) is 0 Å². The molecule has 0 aliphatic rings. The van der Waals surface area contributed by atoms with E-state index in [-0.39, 0.29) is 5.41 Å². The zero-order chi connectivity index (χ0) is 15.1. The first-order valence-electron chi connectivity index (χ1n) is 7.19. The number of nitrogens with two attached hydrogens (primary N) is 1. The number of benzene rings is 1. The largest absolute Gasteiger partial charge is 0.383 e. The fourth-order valence-electron chi connectivity index (χ4n) is 2.55. The van der Waals surface area contributed by atoms with Crippen LogP contribution in [0.4, 0.5) is 5.82 Å². The summed E-state index contributed by atoms with van der Waals surface area (Å²) in [5, 5.41) is 0. The first-order valence-corrected chi connectivity index (χ1v) is 7.19.